The van der Waals surface area contributed by atoms with E-state index in [1.54, 1.807) is 6.07 Å². The molecule has 2 aromatic rings. The predicted octanol–water partition coefficient (Wildman–Crippen LogP) is 3.46. The number of nitrogens with zero attached hydrogens (tertiary/aromatic N) is 2. The maximum Gasteiger partial charge on any atom is 0.321 e. The van der Waals surface area contributed by atoms with Crippen LogP contribution in [0.25, 0.3) is 11.4 Å². The van der Waals surface area contributed by atoms with Gasteiger partial charge in [0.25, 0.3) is 0 Å². The minimum Gasteiger partial charge on any atom is -0.338 e. The average molecular weight is 300 g/mol. The van der Waals surface area contributed by atoms with Gasteiger partial charge in [-0.2, -0.15) is 4.98 Å². The smallest absolute Gasteiger partial charge is 0.321 e. The zero-order valence-electron chi connectivity index (χ0n) is 9.20. The molecule has 0 unspecified atom stereocenters. The summed E-state index contributed by atoms with van der Waals surface area (Å²) in [5.74, 6) is 0.0195. The molecular formula is C11H11BrFN3O. The van der Waals surface area contributed by atoms with Gasteiger partial charge in [-0.15, -0.1) is 0 Å². The fraction of sp³-hybridized carbons (Fsp3) is 0.273. The highest BCUT2D eigenvalue weighted by atomic mass is 79.9. The van der Waals surface area contributed by atoms with Crippen LogP contribution in [-0.4, -0.2) is 16.7 Å². The number of nitrogens with one attached hydrogen (secondary N) is 1. The fourth-order valence-electron chi connectivity index (χ4n) is 1.33. The molecule has 0 radical (unpaired) electrons. The summed E-state index contributed by atoms with van der Waals surface area (Å²) in [6, 6.07) is 4.82. The first-order chi connectivity index (χ1) is 8.19. The van der Waals surface area contributed by atoms with Gasteiger partial charge in [0.2, 0.25) is 5.82 Å². The molecule has 1 N–H and O–H groups in total. The van der Waals surface area contributed by atoms with E-state index in [1.807, 2.05) is 6.92 Å². The van der Waals surface area contributed by atoms with E-state index in [0.717, 1.165) is 13.0 Å². The lowest BCUT2D eigenvalue weighted by molar-refractivity contribution is 0.432. The van der Waals surface area contributed by atoms with Crippen molar-refractivity contribution in [3.05, 3.63) is 28.5 Å². The van der Waals surface area contributed by atoms with Gasteiger partial charge < -0.3 is 9.84 Å². The Bertz CT molecular complexity index is 495. The molecule has 0 aliphatic rings. The van der Waals surface area contributed by atoms with E-state index in [0.29, 0.717) is 21.9 Å². The van der Waals surface area contributed by atoms with Crippen molar-refractivity contribution in [2.75, 3.05) is 11.9 Å². The molecule has 0 aliphatic carbocycles. The zero-order valence-corrected chi connectivity index (χ0v) is 10.8. The molecule has 2 rings (SSSR count). The van der Waals surface area contributed by atoms with E-state index < -0.39 is 0 Å². The molecule has 0 fully saturated rings. The quantitative estimate of drug-likeness (QED) is 0.939. The van der Waals surface area contributed by atoms with Crippen LogP contribution in [0.15, 0.2) is 27.2 Å². The molecule has 0 saturated heterocycles. The van der Waals surface area contributed by atoms with E-state index in [-0.39, 0.29) is 5.82 Å². The minimum atomic E-state index is -0.345. The summed E-state index contributed by atoms with van der Waals surface area (Å²) in [6.07, 6.45) is 0.962. The van der Waals surface area contributed by atoms with Gasteiger partial charge in [-0.05, 0) is 24.6 Å². The van der Waals surface area contributed by atoms with Crippen LogP contribution in [0.1, 0.15) is 13.3 Å². The lowest BCUT2D eigenvalue weighted by Crippen LogP contribution is -1.99. The predicted molar refractivity (Wildman–Crippen MR) is 66.2 cm³/mol. The second-order valence-electron chi connectivity index (χ2n) is 3.51. The lowest BCUT2D eigenvalue weighted by Gasteiger charge is -1.97. The van der Waals surface area contributed by atoms with E-state index in [1.165, 1.54) is 12.1 Å². The highest BCUT2D eigenvalue weighted by Crippen LogP contribution is 2.23. The first kappa shape index (κ1) is 12.0. The molecule has 1 heterocycles. The third kappa shape index (κ3) is 3.03. The molecule has 6 heteroatoms. The van der Waals surface area contributed by atoms with E-state index in [9.17, 15) is 4.39 Å². The van der Waals surface area contributed by atoms with Crippen molar-refractivity contribution in [3.63, 3.8) is 0 Å². The van der Waals surface area contributed by atoms with Crippen LogP contribution in [0.3, 0.4) is 0 Å². The van der Waals surface area contributed by atoms with Gasteiger partial charge in [-0.1, -0.05) is 28.0 Å². The summed E-state index contributed by atoms with van der Waals surface area (Å²) in [6.45, 7) is 2.79. The topological polar surface area (TPSA) is 51.0 Å². The van der Waals surface area contributed by atoms with Crippen molar-refractivity contribution in [3.8, 4) is 11.4 Å². The third-order valence-electron chi connectivity index (χ3n) is 2.07. The minimum absolute atomic E-state index is 0.345. The Kier molecular flexibility index (Phi) is 3.73. The van der Waals surface area contributed by atoms with Crippen molar-refractivity contribution in [1.82, 2.24) is 10.1 Å². The number of aromatic nitrogens is 2. The summed E-state index contributed by atoms with van der Waals surface area (Å²) in [5.41, 5.74) is 0.574. The van der Waals surface area contributed by atoms with Crippen LogP contribution in [0, 0.1) is 5.82 Å². The standard InChI is InChI=1S/C11H11BrFN3O/c1-2-3-14-11-15-10(16-17-11)7-4-8(12)6-9(13)5-7/h4-6H,2-3H2,1H3,(H,14,15,16). The van der Waals surface area contributed by atoms with Crippen LogP contribution in [0.4, 0.5) is 10.4 Å². The molecule has 1 aromatic carbocycles. The molecule has 0 spiro atoms. The third-order valence-corrected chi connectivity index (χ3v) is 2.53. The maximum absolute atomic E-state index is 13.2. The van der Waals surface area contributed by atoms with Crippen LogP contribution < -0.4 is 5.32 Å². The molecule has 1 aromatic heterocycles. The van der Waals surface area contributed by atoms with Crippen molar-refractivity contribution in [2.24, 2.45) is 0 Å². The van der Waals surface area contributed by atoms with Crippen LogP contribution in [0.5, 0.6) is 0 Å². The number of anilines is 1. The second-order valence-corrected chi connectivity index (χ2v) is 4.42. The maximum atomic E-state index is 13.2. The Morgan fingerprint density at radius 2 is 2.24 bits per heavy atom. The van der Waals surface area contributed by atoms with Gasteiger partial charge in [0.15, 0.2) is 0 Å². The van der Waals surface area contributed by atoms with Gasteiger partial charge in [-0.3, -0.25) is 0 Å². The van der Waals surface area contributed by atoms with Gasteiger partial charge in [-0.25, -0.2) is 4.39 Å². The summed E-state index contributed by atoms with van der Waals surface area (Å²) < 4.78 is 18.8. The van der Waals surface area contributed by atoms with Crippen LogP contribution >= 0.6 is 15.9 Å². The summed E-state index contributed by atoms with van der Waals surface area (Å²) >= 11 is 3.22. The SMILES string of the molecule is CCCNc1nc(-c2cc(F)cc(Br)c2)no1. The number of hydrogen-bond donors (Lipinski definition) is 1. The monoisotopic (exact) mass is 299 g/mol. The Labute approximate surface area is 106 Å². The van der Waals surface area contributed by atoms with Crippen LogP contribution in [0.2, 0.25) is 0 Å². The van der Waals surface area contributed by atoms with E-state index in [4.69, 9.17) is 4.52 Å². The normalized spacial score (nSPS) is 10.5. The van der Waals surface area contributed by atoms with Gasteiger partial charge in [0.05, 0.1) is 0 Å². The van der Waals surface area contributed by atoms with Gasteiger partial charge >= 0.3 is 6.01 Å². The Hall–Kier alpha value is -1.43. The number of benzene rings is 1. The molecule has 90 valence electrons. The number of hydrogen-bond acceptors (Lipinski definition) is 4. The first-order valence-electron chi connectivity index (χ1n) is 5.23. The van der Waals surface area contributed by atoms with Crippen molar-refractivity contribution in [2.45, 2.75) is 13.3 Å². The Morgan fingerprint density at radius 3 is 2.94 bits per heavy atom. The van der Waals surface area contributed by atoms with Crippen molar-refractivity contribution >= 4 is 21.9 Å². The van der Waals surface area contributed by atoms with E-state index >= 15 is 0 Å². The molecule has 4 nitrogen and oxygen atoms in total. The number of halogens is 2. The second kappa shape index (κ2) is 5.27. The molecule has 0 aliphatic heterocycles. The zero-order chi connectivity index (χ0) is 12.3. The Morgan fingerprint density at radius 1 is 1.41 bits per heavy atom. The highest BCUT2D eigenvalue weighted by Gasteiger charge is 2.09. The summed E-state index contributed by atoms with van der Waals surface area (Å²) in [4.78, 5) is 4.12. The van der Waals surface area contributed by atoms with Crippen molar-refractivity contribution < 1.29 is 8.91 Å². The average Bonchev–Trinajstić information content (AvgIpc) is 2.73. The van der Waals surface area contributed by atoms with Crippen molar-refractivity contribution in [1.29, 1.82) is 0 Å². The first-order valence-corrected chi connectivity index (χ1v) is 6.02. The summed E-state index contributed by atoms with van der Waals surface area (Å²) in [5, 5.41) is 6.75. The van der Waals surface area contributed by atoms with Gasteiger partial charge in [0.1, 0.15) is 5.82 Å². The Balaban J connectivity index is 2.24. The lowest BCUT2D eigenvalue weighted by atomic mass is 10.2. The summed E-state index contributed by atoms with van der Waals surface area (Å²) in [7, 11) is 0. The number of rotatable bonds is 4. The van der Waals surface area contributed by atoms with E-state index in [2.05, 4.69) is 31.4 Å². The highest BCUT2D eigenvalue weighted by molar-refractivity contribution is 9.10. The molecule has 17 heavy (non-hydrogen) atoms. The molecular weight excluding hydrogens is 289 g/mol. The largest absolute Gasteiger partial charge is 0.338 e. The van der Waals surface area contributed by atoms with Crippen LogP contribution in [-0.2, 0) is 0 Å². The molecule has 0 atom stereocenters. The van der Waals surface area contributed by atoms with Gasteiger partial charge in [0, 0.05) is 16.6 Å². The fourth-order valence-corrected chi connectivity index (χ4v) is 1.79. The molecule has 0 saturated carbocycles. The molecule has 0 bridgehead atoms. The molecule has 0 amide bonds.